The van der Waals surface area contributed by atoms with Gasteiger partial charge in [0.05, 0.1) is 0 Å². The monoisotopic (exact) mass is 416 g/mol. The molecule has 0 aromatic rings. The quantitative estimate of drug-likeness (QED) is 0.398. The van der Waals surface area contributed by atoms with Crippen molar-refractivity contribution < 1.29 is 19.1 Å². The first-order valence-corrected chi connectivity index (χ1v) is 10.8. The van der Waals surface area contributed by atoms with Crippen LogP contribution < -0.4 is 16.4 Å². The maximum Gasteiger partial charge on any atom is 0.407 e. The summed E-state index contributed by atoms with van der Waals surface area (Å²) >= 11 is 0. The number of ether oxygens (including phenoxy) is 2. The molecular weight excluding hydrogens is 372 g/mol. The number of unbranched alkanes of at least 4 members (excludes halogenated alkanes) is 2. The van der Waals surface area contributed by atoms with Gasteiger partial charge in [0, 0.05) is 13.1 Å². The van der Waals surface area contributed by atoms with Gasteiger partial charge in [-0.25, -0.2) is 9.59 Å². The van der Waals surface area contributed by atoms with Crippen molar-refractivity contribution in [2.45, 2.75) is 84.8 Å². The summed E-state index contributed by atoms with van der Waals surface area (Å²) in [4.78, 5) is 25.7. The van der Waals surface area contributed by atoms with E-state index >= 15 is 0 Å². The molecule has 172 valence electrons. The van der Waals surface area contributed by atoms with Crippen LogP contribution in [0.5, 0.6) is 0 Å². The Balaban J connectivity index is 4.06. The van der Waals surface area contributed by atoms with Crippen LogP contribution in [0.15, 0.2) is 0 Å². The third kappa shape index (κ3) is 19.5. The molecule has 0 spiro atoms. The predicted octanol–water partition coefficient (Wildman–Crippen LogP) is 3.25. The largest absolute Gasteiger partial charge is 0.444 e. The molecule has 0 aromatic heterocycles. The van der Waals surface area contributed by atoms with E-state index < -0.39 is 11.2 Å². The van der Waals surface area contributed by atoms with E-state index in [9.17, 15) is 9.59 Å². The van der Waals surface area contributed by atoms with Crippen LogP contribution in [0.1, 0.15) is 73.6 Å². The second-order valence-corrected chi connectivity index (χ2v) is 9.26. The fourth-order valence-corrected chi connectivity index (χ4v) is 2.59. The van der Waals surface area contributed by atoms with E-state index in [1.165, 1.54) is 0 Å². The highest BCUT2D eigenvalue weighted by atomic mass is 16.6. The zero-order chi connectivity index (χ0) is 22.3. The number of alkyl carbamates (subject to hydrolysis) is 2. The molecule has 29 heavy (non-hydrogen) atoms. The fourth-order valence-electron chi connectivity index (χ4n) is 2.59. The zero-order valence-electron chi connectivity index (χ0n) is 19.4. The first kappa shape index (κ1) is 27.5. The van der Waals surface area contributed by atoms with E-state index in [1.54, 1.807) is 0 Å². The Bertz CT molecular complexity index is 459. The van der Waals surface area contributed by atoms with Gasteiger partial charge in [0.1, 0.15) is 11.2 Å². The molecule has 0 saturated carbocycles. The van der Waals surface area contributed by atoms with Gasteiger partial charge < -0.3 is 30.7 Å². The van der Waals surface area contributed by atoms with Crippen LogP contribution in [-0.2, 0) is 9.47 Å². The average molecular weight is 417 g/mol. The van der Waals surface area contributed by atoms with Gasteiger partial charge in [0.2, 0.25) is 0 Å². The number of hydrogen-bond acceptors (Lipinski definition) is 6. The van der Waals surface area contributed by atoms with Crippen LogP contribution in [0.25, 0.3) is 0 Å². The summed E-state index contributed by atoms with van der Waals surface area (Å²) in [7, 11) is 0. The minimum atomic E-state index is -0.480. The van der Waals surface area contributed by atoms with Crippen molar-refractivity contribution in [3.63, 3.8) is 0 Å². The molecule has 0 unspecified atom stereocenters. The molecule has 4 N–H and O–H groups in total. The van der Waals surface area contributed by atoms with Gasteiger partial charge in [0.25, 0.3) is 0 Å². The number of nitrogens with two attached hydrogens (primary N) is 1. The standard InChI is InChI=1S/C21H44N4O4/c1-20(2,3)28-18(26)23-13-8-10-16-25(15-9-7-12-22)17-11-14-24-19(27)29-21(4,5)6/h7-17,22H2,1-6H3,(H,23,26)(H,24,27). The van der Waals surface area contributed by atoms with E-state index in [2.05, 4.69) is 15.5 Å². The first-order valence-electron chi connectivity index (χ1n) is 10.8. The van der Waals surface area contributed by atoms with Crippen molar-refractivity contribution in [2.24, 2.45) is 5.73 Å². The number of nitrogens with zero attached hydrogens (tertiary/aromatic N) is 1. The normalized spacial score (nSPS) is 12.0. The van der Waals surface area contributed by atoms with Crippen molar-refractivity contribution in [3.05, 3.63) is 0 Å². The van der Waals surface area contributed by atoms with E-state index in [1.807, 2.05) is 41.5 Å². The van der Waals surface area contributed by atoms with Crippen LogP contribution in [0, 0.1) is 0 Å². The third-order valence-electron chi connectivity index (χ3n) is 3.82. The first-order chi connectivity index (χ1) is 13.4. The summed E-state index contributed by atoms with van der Waals surface area (Å²) in [5.41, 5.74) is 4.64. The Hall–Kier alpha value is -1.54. The molecule has 8 nitrogen and oxygen atoms in total. The van der Waals surface area contributed by atoms with Gasteiger partial charge in [-0.05, 0) is 99.8 Å². The predicted molar refractivity (Wildman–Crippen MR) is 117 cm³/mol. The summed E-state index contributed by atoms with van der Waals surface area (Å²) in [5.74, 6) is 0. The maximum atomic E-state index is 11.7. The number of hydrogen-bond donors (Lipinski definition) is 3. The second kappa shape index (κ2) is 14.4. The van der Waals surface area contributed by atoms with E-state index in [-0.39, 0.29) is 12.2 Å². The van der Waals surface area contributed by atoms with Gasteiger partial charge in [-0.3, -0.25) is 0 Å². The lowest BCUT2D eigenvalue weighted by Gasteiger charge is -2.23. The van der Waals surface area contributed by atoms with E-state index in [4.69, 9.17) is 15.2 Å². The van der Waals surface area contributed by atoms with E-state index in [0.717, 1.165) is 51.7 Å². The maximum absolute atomic E-state index is 11.7. The van der Waals surface area contributed by atoms with Crippen molar-refractivity contribution in [1.29, 1.82) is 0 Å². The average Bonchev–Trinajstić information content (AvgIpc) is 2.54. The molecule has 0 aliphatic heterocycles. The Morgan fingerprint density at radius 2 is 1.14 bits per heavy atom. The van der Waals surface area contributed by atoms with Gasteiger partial charge in [-0.1, -0.05) is 0 Å². The van der Waals surface area contributed by atoms with Gasteiger partial charge >= 0.3 is 12.2 Å². The highest BCUT2D eigenvalue weighted by molar-refractivity contribution is 5.67. The van der Waals surface area contributed by atoms with Gasteiger partial charge in [-0.15, -0.1) is 0 Å². The number of carbonyl (C=O) groups excluding carboxylic acids is 2. The van der Waals surface area contributed by atoms with Crippen molar-refractivity contribution >= 4 is 12.2 Å². The molecule has 0 bridgehead atoms. The molecule has 0 aliphatic carbocycles. The molecule has 2 amide bonds. The number of rotatable bonds is 13. The Morgan fingerprint density at radius 3 is 1.59 bits per heavy atom. The Kier molecular flexibility index (Phi) is 13.7. The molecular formula is C21H44N4O4. The number of amides is 2. The lowest BCUT2D eigenvalue weighted by atomic mass is 10.2. The van der Waals surface area contributed by atoms with Gasteiger partial charge in [-0.2, -0.15) is 0 Å². The highest BCUT2D eigenvalue weighted by Gasteiger charge is 2.16. The Labute approximate surface area is 177 Å². The minimum absolute atomic E-state index is 0.370. The minimum Gasteiger partial charge on any atom is -0.444 e. The van der Waals surface area contributed by atoms with Crippen LogP contribution in [0.2, 0.25) is 0 Å². The molecule has 0 atom stereocenters. The van der Waals surface area contributed by atoms with Crippen molar-refractivity contribution in [1.82, 2.24) is 15.5 Å². The zero-order valence-corrected chi connectivity index (χ0v) is 19.4. The number of nitrogens with one attached hydrogen (secondary N) is 2. The van der Waals surface area contributed by atoms with E-state index in [0.29, 0.717) is 19.6 Å². The van der Waals surface area contributed by atoms with Crippen LogP contribution in [-0.4, -0.2) is 67.6 Å². The molecule has 8 heteroatoms. The molecule has 0 heterocycles. The fraction of sp³-hybridized carbons (Fsp3) is 0.905. The molecule has 0 aromatic carbocycles. The lowest BCUT2D eigenvalue weighted by Crippen LogP contribution is -2.35. The van der Waals surface area contributed by atoms with Crippen molar-refractivity contribution in [3.8, 4) is 0 Å². The third-order valence-corrected chi connectivity index (χ3v) is 3.82. The summed E-state index contributed by atoms with van der Waals surface area (Å²) in [6, 6.07) is 0. The summed E-state index contributed by atoms with van der Waals surface area (Å²) in [6.07, 6.45) is 4.06. The molecule has 0 fully saturated rings. The topological polar surface area (TPSA) is 106 Å². The Morgan fingerprint density at radius 1 is 0.724 bits per heavy atom. The highest BCUT2D eigenvalue weighted by Crippen LogP contribution is 2.07. The molecule has 0 radical (unpaired) electrons. The van der Waals surface area contributed by atoms with Gasteiger partial charge in [0.15, 0.2) is 0 Å². The van der Waals surface area contributed by atoms with Crippen LogP contribution in [0.3, 0.4) is 0 Å². The molecule has 0 aliphatic rings. The summed E-state index contributed by atoms with van der Waals surface area (Å²) in [5, 5.41) is 5.59. The molecule has 0 saturated heterocycles. The summed E-state index contributed by atoms with van der Waals surface area (Å²) < 4.78 is 10.5. The molecule has 0 rings (SSSR count). The second-order valence-electron chi connectivity index (χ2n) is 9.26. The summed E-state index contributed by atoms with van der Waals surface area (Å²) in [6.45, 7) is 15.8. The van der Waals surface area contributed by atoms with Crippen LogP contribution >= 0.6 is 0 Å². The van der Waals surface area contributed by atoms with Crippen LogP contribution in [0.4, 0.5) is 9.59 Å². The smallest absolute Gasteiger partial charge is 0.407 e. The SMILES string of the molecule is CC(C)(C)OC(=O)NCCCCN(CCCCN)CCCNC(=O)OC(C)(C)C. The number of carbonyl (C=O) groups is 2. The van der Waals surface area contributed by atoms with Crippen molar-refractivity contribution in [2.75, 3.05) is 39.3 Å². The lowest BCUT2D eigenvalue weighted by molar-refractivity contribution is 0.0513.